The fraction of sp³-hybridized carbons (Fsp3) is 0.100. The largest absolute Gasteiger partial charge is 0.482 e. The predicted molar refractivity (Wildman–Crippen MR) is 105 cm³/mol. The summed E-state index contributed by atoms with van der Waals surface area (Å²) in [6.45, 7) is 1.98. The molecule has 0 saturated carbocycles. The van der Waals surface area contributed by atoms with Crippen LogP contribution in [0.2, 0.25) is 0 Å². The van der Waals surface area contributed by atoms with E-state index in [0.29, 0.717) is 11.7 Å². The van der Waals surface area contributed by atoms with E-state index in [2.05, 4.69) is 10.1 Å². The van der Waals surface area contributed by atoms with E-state index in [9.17, 15) is 10.1 Å². The Morgan fingerprint density at radius 3 is 2.86 bits per heavy atom. The molecule has 0 spiro atoms. The zero-order chi connectivity index (χ0) is 19.5. The first-order valence-corrected chi connectivity index (χ1v) is 9.33. The van der Waals surface area contributed by atoms with Gasteiger partial charge in [-0.15, -0.1) is 11.3 Å². The fourth-order valence-electron chi connectivity index (χ4n) is 2.69. The minimum Gasteiger partial charge on any atom is -0.482 e. The summed E-state index contributed by atoms with van der Waals surface area (Å²) in [6, 6.07) is 16.2. The minimum atomic E-state index is -0.441. The first kappa shape index (κ1) is 17.9. The third-order valence-corrected chi connectivity index (χ3v) is 4.91. The van der Waals surface area contributed by atoms with Crippen molar-refractivity contribution >= 4 is 17.0 Å². The molecule has 0 N–H and O–H groups in total. The third kappa shape index (κ3) is 3.77. The lowest BCUT2D eigenvalue weighted by Crippen LogP contribution is -1.99. The smallest absolute Gasteiger partial charge is 0.311 e. The summed E-state index contributed by atoms with van der Waals surface area (Å²) < 4.78 is 11.1. The quantitative estimate of drug-likeness (QED) is 0.328. The Balaban J connectivity index is 1.53. The lowest BCUT2D eigenvalue weighted by atomic mass is 10.1. The van der Waals surface area contributed by atoms with Gasteiger partial charge in [-0.3, -0.25) is 10.1 Å². The molecule has 0 amide bonds. The van der Waals surface area contributed by atoms with Crippen molar-refractivity contribution in [2.24, 2.45) is 0 Å². The summed E-state index contributed by atoms with van der Waals surface area (Å²) >= 11 is 1.54. The molecule has 28 heavy (non-hydrogen) atoms. The maximum Gasteiger partial charge on any atom is 0.311 e. The number of nitrogens with zero attached hydrogens (tertiary/aromatic N) is 3. The van der Waals surface area contributed by atoms with Gasteiger partial charge in [0.25, 0.3) is 5.89 Å². The van der Waals surface area contributed by atoms with Crippen molar-refractivity contribution in [2.45, 2.75) is 13.5 Å². The van der Waals surface area contributed by atoms with E-state index in [1.807, 2.05) is 41.8 Å². The molecule has 0 aliphatic carbocycles. The van der Waals surface area contributed by atoms with Gasteiger partial charge in [-0.2, -0.15) is 4.98 Å². The standard InChI is InChI=1S/C20H15N3O4S/c1-13-7-8-17(16(10-13)23(24)25)26-12-14-4-2-5-15(11-14)20-21-19(22-27-20)18-6-3-9-28-18/h2-11H,12H2,1H3. The molecule has 2 aromatic carbocycles. The van der Waals surface area contributed by atoms with Crippen LogP contribution in [-0.2, 0) is 6.61 Å². The normalized spacial score (nSPS) is 10.8. The number of ether oxygens (including phenoxy) is 1. The highest BCUT2D eigenvalue weighted by atomic mass is 32.1. The summed E-state index contributed by atoms with van der Waals surface area (Å²) in [6.07, 6.45) is 0. The average Bonchev–Trinajstić information content (AvgIpc) is 3.38. The van der Waals surface area contributed by atoms with Gasteiger partial charge in [0.05, 0.1) is 9.80 Å². The number of nitro benzene ring substituents is 1. The Labute approximate surface area is 164 Å². The maximum absolute atomic E-state index is 11.2. The van der Waals surface area contributed by atoms with Crippen LogP contribution >= 0.6 is 11.3 Å². The zero-order valence-corrected chi connectivity index (χ0v) is 15.7. The number of thiophene rings is 1. The highest BCUT2D eigenvalue weighted by Crippen LogP contribution is 2.29. The second-order valence-electron chi connectivity index (χ2n) is 6.12. The van der Waals surface area contributed by atoms with Crippen molar-refractivity contribution in [3.05, 3.63) is 81.2 Å². The van der Waals surface area contributed by atoms with Gasteiger partial charge in [0.2, 0.25) is 5.82 Å². The summed E-state index contributed by atoms with van der Waals surface area (Å²) in [5.74, 6) is 1.19. The van der Waals surface area contributed by atoms with Crippen molar-refractivity contribution in [3.63, 3.8) is 0 Å². The van der Waals surface area contributed by atoms with Gasteiger partial charge >= 0.3 is 5.69 Å². The minimum absolute atomic E-state index is 0.0476. The molecule has 2 aromatic heterocycles. The van der Waals surface area contributed by atoms with E-state index in [-0.39, 0.29) is 18.0 Å². The molecule has 4 rings (SSSR count). The van der Waals surface area contributed by atoms with Crippen molar-refractivity contribution in [2.75, 3.05) is 0 Å². The Kier molecular flexibility index (Phi) is 4.86. The Bertz CT molecular complexity index is 1120. The summed E-state index contributed by atoms with van der Waals surface area (Å²) in [5, 5.41) is 17.2. The average molecular weight is 393 g/mol. The van der Waals surface area contributed by atoms with Gasteiger partial charge in [-0.25, -0.2) is 0 Å². The number of nitro groups is 1. The van der Waals surface area contributed by atoms with Crippen LogP contribution in [-0.4, -0.2) is 15.1 Å². The Hall–Kier alpha value is -3.52. The Morgan fingerprint density at radius 2 is 2.07 bits per heavy atom. The van der Waals surface area contributed by atoms with E-state index in [1.54, 1.807) is 19.1 Å². The monoisotopic (exact) mass is 393 g/mol. The zero-order valence-electron chi connectivity index (χ0n) is 14.9. The predicted octanol–water partition coefficient (Wildman–Crippen LogP) is 5.26. The van der Waals surface area contributed by atoms with E-state index in [4.69, 9.17) is 9.26 Å². The molecule has 0 unspecified atom stereocenters. The fourth-order valence-corrected chi connectivity index (χ4v) is 3.34. The highest BCUT2D eigenvalue weighted by Gasteiger charge is 2.16. The molecule has 0 atom stereocenters. The molecule has 0 aliphatic heterocycles. The van der Waals surface area contributed by atoms with Gasteiger partial charge in [0.1, 0.15) is 6.61 Å². The summed E-state index contributed by atoms with van der Waals surface area (Å²) in [5.41, 5.74) is 2.35. The van der Waals surface area contributed by atoms with Crippen LogP contribution in [0.15, 0.2) is 64.5 Å². The molecule has 4 aromatic rings. The van der Waals surface area contributed by atoms with Crippen LogP contribution in [0.25, 0.3) is 22.2 Å². The van der Waals surface area contributed by atoms with Crippen LogP contribution in [0.4, 0.5) is 5.69 Å². The number of benzene rings is 2. The van der Waals surface area contributed by atoms with Gasteiger partial charge in [-0.1, -0.05) is 29.4 Å². The first-order chi connectivity index (χ1) is 13.6. The SMILES string of the molecule is Cc1ccc(OCc2cccc(-c3nc(-c4cccs4)no3)c2)c([N+](=O)[O-])c1. The molecule has 0 fully saturated rings. The van der Waals surface area contributed by atoms with Crippen molar-refractivity contribution in [3.8, 4) is 27.9 Å². The van der Waals surface area contributed by atoms with Crippen molar-refractivity contribution in [1.82, 2.24) is 10.1 Å². The number of hydrogen-bond acceptors (Lipinski definition) is 7. The first-order valence-electron chi connectivity index (χ1n) is 8.45. The van der Waals surface area contributed by atoms with Crippen LogP contribution in [0.3, 0.4) is 0 Å². The van der Waals surface area contributed by atoms with Crippen LogP contribution < -0.4 is 4.74 Å². The summed E-state index contributed by atoms with van der Waals surface area (Å²) in [7, 11) is 0. The molecule has 140 valence electrons. The van der Waals surface area contributed by atoms with Gasteiger partial charge in [0.15, 0.2) is 5.75 Å². The van der Waals surface area contributed by atoms with Gasteiger partial charge < -0.3 is 9.26 Å². The molecule has 8 heteroatoms. The lowest BCUT2D eigenvalue weighted by Gasteiger charge is -2.08. The van der Waals surface area contributed by atoms with E-state index >= 15 is 0 Å². The molecular weight excluding hydrogens is 378 g/mol. The molecule has 0 bridgehead atoms. The third-order valence-electron chi connectivity index (χ3n) is 4.05. The van der Waals surface area contributed by atoms with Crippen LogP contribution in [0.1, 0.15) is 11.1 Å². The van der Waals surface area contributed by atoms with E-state index < -0.39 is 4.92 Å². The number of hydrogen-bond donors (Lipinski definition) is 0. The van der Waals surface area contributed by atoms with Crippen molar-refractivity contribution in [1.29, 1.82) is 0 Å². The lowest BCUT2D eigenvalue weighted by molar-refractivity contribution is -0.386. The van der Waals surface area contributed by atoms with E-state index in [1.165, 1.54) is 17.4 Å². The van der Waals surface area contributed by atoms with Crippen LogP contribution in [0.5, 0.6) is 5.75 Å². The van der Waals surface area contributed by atoms with E-state index in [0.717, 1.165) is 21.6 Å². The maximum atomic E-state index is 11.2. The number of aromatic nitrogens is 2. The van der Waals surface area contributed by atoms with Crippen molar-refractivity contribution < 1.29 is 14.2 Å². The Morgan fingerprint density at radius 1 is 1.18 bits per heavy atom. The summed E-state index contributed by atoms with van der Waals surface area (Å²) in [4.78, 5) is 16.1. The van der Waals surface area contributed by atoms with Crippen LogP contribution in [0, 0.1) is 17.0 Å². The molecule has 0 aliphatic rings. The molecule has 0 radical (unpaired) electrons. The van der Waals surface area contributed by atoms with Gasteiger partial charge in [0, 0.05) is 11.6 Å². The number of aryl methyl sites for hydroxylation is 1. The van der Waals surface area contributed by atoms with Gasteiger partial charge in [-0.05, 0) is 47.7 Å². The highest BCUT2D eigenvalue weighted by molar-refractivity contribution is 7.13. The molecule has 0 saturated heterocycles. The number of rotatable bonds is 6. The molecule has 2 heterocycles. The topological polar surface area (TPSA) is 91.3 Å². The second-order valence-corrected chi connectivity index (χ2v) is 7.07. The molecular formula is C20H15N3O4S. The second kappa shape index (κ2) is 7.61. The molecule has 7 nitrogen and oxygen atoms in total.